The first-order valence-electron chi connectivity index (χ1n) is 7.93. The lowest BCUT2D eigenvalue weighted by Crippen LogP contribution is -2.39. The van der Waals surface area contributed by atoms with Crippen LogP contribution in [0.25, 0.3) is 0 Å². The molecule has 0 aliphatic carbocycles. The Morgan fingerprint density at radius 1 is 1.32 bits per heavy atom. The topological polar surface area (TPSA) is 66.5 Å². The maximum absolute atomic E-state index is 12.8. The van der Waals surface area contributed by atoms with Crippen molar-refractivity contribution in [3.63, 3.8) is 0 Å². The number of hydrogen-bond acceptors (Lipinski definition) is 3. The highest BCUT2D eigenvalue weighted by atomic mass is 32.2. The molecule has 22 heavy (non-hydrogen) atoms. The molecule has 1 saturated heterocycles. The van der Waals surface area contributed by atoms with Gasteiger partial charge in [-0.15, -0.1) is 0 Å². The van der Waals surface area contributed by atoms with Gasteiger partial charge < -0.3 is 5.32 Å². The van der Waals surface area contributed by atoms with E-state index in [9.17, 15) is 13.2 Å². The molecule has 2 aliphatic rings. The summed E-state index contributed by atoms with van der Waals surface area (Å²) >= 11 is 0. The smallest absolute Gasteiger partial charge is 0.243 e. The molecule has 1 atom stereocenters. The molecule has 1 N–H and O–H groups in total. The zero-order chi connectivity index (χ0) is 15.7. The predicted octanol–water partition coefficient (Wildman–Crippen LogP) is 2.38. The van der Waals surface area contributed by atoms with Gasteiger partial charge in [-0.25, -0.2) is 8.42 Å². The molecule has 0 unspecified atom stereocenters. The van der Waals surface area contributed by atoms with Crippen molar-refractivity contribution >= 4 is 21.6 Å². The van der Waals surface area contributed by atoms with Crippen LogP contribution in [-0.2, 0) is 21.2 Å². The lowest BCUT2D eigenvalue weighted by atomic mass is 9.97. The van der Waals surface area contributed by atoms with Gasteiger partial charge in [0.25, 0.3) is 0 Å². The largest absolute Gasteiger partial charge is 0.326 e. The van der Waals surface area contributed by atoms with Gasteiger partial charge in [0.1, 0.15) is 0 Å². The maximum Gasteiger partial charge on any atom is 0.243 e. The number of benzene rings is 1. The van der Waals surface area contributed by atoms with E-state index in [-0.39, 0.29) is 5.91 Å². The van der Waals surface area contributed by atoms with E-state index in [4.69, 9.17) is 0 Å². The third kappa shape index (κ3) is 2.90. The van der Waals surface area contributed by atoms with E-state index in [1.807, 2.05) is 0 Å². The molecule has 0 spiro atoms. The second kappa shape index (κ2) is 6.01. The van der Waals surface area contributed by atoms with Crippen molar-refractivity contribution in [1.29, 1.82) is 0 Å². The number of anilines is 1. The number of piperidine rings is 1. The monoisotopic (exact) mass is 322 g/mol. The molecule has 5 nitrogen and oxygen atoms in total. The Hall–Kier alpha value is -1.40. The van der Waals surface area contributed by atoms with Crippen molar-refractivity contribution in [2.24, 2.45) is 5.92 Å². The van der Waals surface area contributed by atoms with Crippen LogP contribution in [0.4, 0.5) is 5.69 Å². The lowest BCUT2D eigenvalue weighted by Gasteiger charge is -2.31. The fraction of sp³-hybridized carbons (Fsp3) is 0.562. The number of carbonyl (C=O) groups excluding carboxylic acids is 1. The number of aryl methyl sites for hydroxylation is 1. The van der Waals surface area contributed by atoms with E-state index < -0.39 is 10.0 Å². The Balaban J connectivity index is 1.88. The number of rotatable bonds is 3. The van der Waals surface area contributed by atoms with Gasteiger partial charge in [-0.3, -0.25) is 4.79 Å². The number of nitrogens with zero attached hydrogens (tertiary/aromatic N) is 1. The molecule has 3 rings (SSSR count). The average molecular weight is 322 g/mol. The van der Waals surface area contributed by atoms with E-state index in [0.29, 0.717) is 36.7 Å². The van der Waals surface area contributed by atoms with E-state index in [1.165, 1.54) is 0 Å². The van der Waals surface area contributed by atoms with Crippen molar-refractivity contribution in [1.82, 2.24) is 4.31 Å². The Morgan fingerprint density at radius 3 is 2.91 bits per heavy atom. The van der Waals surface area contributed by atoms with Crippen LogP contribution >= 0.6 is 0 Å². The first kappa shape index (κ1) is 15.5. The highest BCUT2D eigenvalue weighted by Gasteiger charge is 2.30. The molecular weight excluding hydrogens is 300 g/mol. The van der Waals surface area contributed by atoms with Gasteiger partial charge in [0.2, 0.25) is 15.9 Å². The van der Waals surface area contributed by atoms with Crippen LogP contribution in [0.2, 0.25) is 0 Å². The highest BCUT2D eigenvalue weighted by Crippen LogP contribution is 2.29. The summed E-state index contributed by atoms with van der Waals surface area (Å²) < 4.78 is 27.3. The molecule has 1 aromatic carbocycles. The van der Waals surface area contributed by atoms with Crippen LogP contribution in [0, 0.1) is 5.92 Å². The zero-order valence-corrected chi connectivity index (χ0v) is 13.7. The van der Waals surface area contributed by atoms with Gasteiger partial charge in [0, 0.05) is 25.2 Å². The van der Waals surface area contributed by atoms with Crippen molar-refractivity contribution in [3.8, 4) is 0 Å². The average Bonchev–Trinajstić information content (AvgIpc) is 2.54. The summed E-state index contributed by atoms with van der Waals surface area (Å²) in [6, 6.07) is 5.04. The number of sulfonamides is 1. The molecule has 2 heterocycles. The van der Waals surface area contributed by atoms with E-state index >= 15 is 0 Å². The van der Waals surface area contributed by atoms with Crippen molar-refractivity contribution in [2.45, 2.75) is 43.9 Å². The summed E-state index contributed by atoms with van der Waals surface area (Å²) in [6.45, 7) is 3.33. The normalized spacial score (nSPS) is 23.0. The lowest BCUT2D eigenvalue weighted by molar-refractivity contribution is -0.116. The molecule has 6 heteroatoms. The van der Waals surface area contributed by atoms with Crippen molar-refractivity contribution < 1.29 is 13.2 Å². The number of fused-ring (bicyclic) bond motifs is 1. The van der Waals surface area contributed by atoms with E-state index in [1.54, 1.807) is 22.5 Å². The minimum atomic E-state index is -3.43. The van der Waals surface area contributed by atoms with Gasteiger partial charge in [-0.1, -0.05) is 13.3 Å². The summed E-state index contributed by atoms with van der Waals surface area (Å²) in [5.41, 5.74) is 1.64. The summed E-state index contributed by atoms with van der Waals surface area (Å²) in [5, 5.41) is 2.79. The predicted molar refractivity (Wildman–Crippen MR) is 85.2 cm³/mol. The van der Waals surface area contributed by atoms with Gasteiger partial charge in [0.15, 0.2) is 0 Å². The Morgan fingerprint density at radius 2 is 2.14 bits per heavy atom. The molecule has 0 radical (unpaired) electrons. The first-order chi connectivity index (χ1) is 10.5. The Kier molecular flexibility index (Phi) is 4.23. The molecule has 1 fully saturated rings. The number of carbonyl (C=O) groups is 1. The standard InChI is InChI=1S/C16H22N2O3S/c1-2-12-4-3-9-18(11-12)22(20,21)14-6-7-15-13(10-14)5-8-16(19)17-15/h6-7,10,12H,2-5,8-9,11H2,1H3,(H,17,19)/t12-/m0/s1. The second-order valence-corrected chi connectivity index (χ2v) is 8.08. The van der Waals surface area contributed by atoms with Crippen LogP contribution in [-0.4, -0.2) is 31.7 Å². The third-order valence-electron chi connectivity index (χ3n) is 4.67. The molecular formula is C16H22N2O3S. The quantitative estimate of drug-likeness (QED) is 0.929. The number of amides is 1. The number of nitrogens with one attached hydrogen (secondary N) is 1. The van der Waals surface area contributed by atoms with Gasteiger partial charge >= 0.3 is 0 Å². The van der Waals surface area contributed by atoms with Gasteiger partial charge in [-0.2, -0.15) is 4.31 Å². The molecule has 2 aliphatic heterocycles. The van der Waals surface area contributed by atoms with E-state index in [0.717, 1.165) is 30.5 Å². The second-order valence-electron chi connectivity index (χ2n) is 6.15. The van der Waals surface area contributed by atoms with Crippen LogP contribution in [0.15, 0.2) is 23.1 Å². The SMILES string of the molecule is CC[C@H]1CCCN(S(=O)(=O)c2ccc3c(c2)CCC(=O)N3)C1. The van der Waals surface area contributed by atoms with Gasteiger partial charge in [0.05, 0.1) is 4.90 Å². The number of hydrogen-bond donors (Lipinski definition) is 1. The summed E-state index contributed by atoms with van der Waals surface area (Å²) in [4.78, 5) is 11.7. The van der Waals surface area contributed by atoms with Crippen LogP contribution in [0.1, 0.15) is 38.2 Å². The fourth-order valence-corrected chi connectivity index (χ4v) is 4.85. The molecule has 0 aromatic heterocycles. The van der Waals surface area contributed by atoms with Gasteiger partial charge in [-0.05, 0) is 48.9 Å². The minimum Gasteiger partial charge on any atom is -0.326 e. The minimum absolute atomic E-state index is 0.00933. The molecule has 1 amide bonds. The summed E-state index contributed by atoms with van der Waals surface area (Å²) in [6.07, 6.45) is 4.07. The highest BCUT2D eigenvalue weighted by molar-refractivity contribution is 7.89. The fourth-order valence-electron chi connectivity index (χ4n) is 3.25. The van der Waals surface area contributed by atoms with Crippen LogP contribution < -0.4 is 5.32 Å². The van der Waals surface area contributed by atoms with Crippen molar-refractivity contribution in [2.75, 3.05) is 18.4 Å². The third-order valence-corrected chi connectivity index (χ3v) is 6.53. The summed E-state index contributed by atoms with van der Waals surface area (Å²) in [5.74, 6) is 0.449. The Labute approximate surface area is 131 Å². The first-order valence-corrected chi connectivity index (χ1v) is 9.37. The maximum atomic E-state index is 12.8. The zero-order valence-electron chi connectivity index (χ0n) is 12.8. The molecule has 1 aromatic rings. The molecule has 120 valence electrons. The van der Waals surface area contributed by atoms with Crippen LogP contribution in [0.3, 0.4) is 0 Å². The molecule has 0 bridgehead atoms. The summed E-state index contributed by atoms with van der Waals surface area (Å²) in [7, 11) is -3.43. The molecule has 0 saturated carbocycles. The van der Waals surface area contributed by atoms with E-state index in [2.05, 4.69) is 12.2 Å². The Bertz CT molecular complexity index is 685. The van der Waals surface area contributed by atoms with Crippen LogP contribution in [0.5, 0.6) is 0 Å². The van der Waals surface area contributed by atoms with Crippen molar-refractivity contribution in [3.05, 3.63) is 23.8 Å².